The van der Waals surface area contributed by atoms with E-state index in [0.29, 0.717) is 19.4 Å². The summed E-state index contributed by atoms with van der Waals surface area (Å²) in [5.74, 6) is -0.0126. The molecule has 2 aliphatic heterocycles. The molecule has 0 radical (unpaired) electrons. The van der Waals surface area contributed by atoms with Crippen LogP contribution in [0.25, 0.3) is 0 Å². The van der Waals surface area contributed by atoms with Crippen LogP contribution in [0.5, 0.6) is 0 Å². The Morgan fingerprint density at radius 3 is 2.68 bits per heavy atom. The zero-order chi connectivity index (χ0) is 14.0. The van der Waals surface area contributed by atoms with Crippen molar-refractivity contribution in [1.29, 1.82) is 0 Å². The molecule has 2 heterocycles. The second-order valence-electron chi connectivity index (χ2n) is 5.65. The minimum atomic E-state index is -0.741. The third-order valence-corrected chi connectivity index (χ3v) is 4.46. The molecule has 0 spiro atoms. The molecule has 3 unspecified atom stereocenters. The quantitative estimate of drug-likeness (QED) is 0.829. The van der Waals surface area contributed by atoms with Crippen molar-refractivity contribution in [3.8, 4) is 0 Å². The van der Waals surface area contributed by atoms with Crippen LogP contribution in [0.1, 0.15) is 46.5 Å². The van der Waals surface area contributed by atoms with Crippen molar-refractivity contribution in [2.75, 3.05) is 13.2 Å². The van der Waals surface area contributed by atoms with Crippen LogP contribution in [-0.4, -0.2) is 47.6 Å². The molecule has 0 saturated carbocycles. The second-order valence-corrected chi connectivity index (χ2v) is 5.65. The number of piperazine rings is 1. The first-order valence-electron chi connectivity index (χ1n) is 7.27. The smallest absolute Gasteiger partial charge is 0.246 e. The fourth-order valence-corrected chi connectivity index (χ4v) is 2.84. The van der Waals surface area contributed by atoms with Crippen molar-refractivity contribution < 1.29 is 14.3 Å². The Balaban J connectivity index is 2.20. The molecule has 1 N–H and O–H groups in total. The maximum Gasteiger partial charge on any atom is 0.246 e. The number of amides is 2. The maximum atomic E-state index is 12.5. The zero-order valence-corrected chi connectivity index (χ0v) is 12.1. The fourth-order valence-electron chi connectivity index (χ4n) is 2.84. The Kier molecular flexibility index (Phi) is 4.13. The summed E-state index contributed by atoms with van der Waals surface area (Å²) in [5.41, 5.74) is -0.741. The predicted molar refractivity (Wildman–Crippen MR) is 71.6 cm³/mol. The van der Waals surface area contributed by atoms with Crippen molar-refractivity contribution in [3.05, 3.63) is 0 Å². The molecule has 3 atom stereocenters. The largest absolute Gasteiger partial charge is 0.376 e. The van der Waals surface area contributed by atoms with E-state index in [1.165, 1.54) is 0 Å². The van der Waals surface area contributed by atoms with Crippen molar-refractivity contribution in [2.24, 2.45) is 0 Å². The van der Waals surface area contributed by atoms with Gasteiger partial charge in [0.25, 0.3) is 0 Å². The first-order chi connectivity index (χ1) is 9.02. The van der Waals surface area contributed by atoms with Gasteiger partial charge in [0.2, 0.25) is 11.8 Å². The molecule has 2 fully saturated rings. The Hall–Kier alpha value is -1.10. The van der Waals surface area contributed by atoms with Gasteiger partial charge >= 0.3 is 0 Å². The number of ether oxygens (including phenoxy) is 1. The molecular weight excluding hydrogens is 244 g/mol. The van der Waals surface area contributed by atoms with Crippen LogP contribution in [-0.2, 0) is 14.3 Å². The molecule has 108 valence electrons. The average Bonchev–Trinajstić information content (AvgIpc) is 2.92. The standard InChI is InChI=1S/C14H24N2O3/c1-4-11-12(17)16(9-10-7-6-8-19-10)14(3,5-2)13(18)15-11/h10-11H,4-9H2,1-3H3,(H,15,18). The van der Waals surface area contributed by atoms with Crippen molar-refractivity contribution in [2.45, 2.75) is 64.1 Å². The van der Waals surface area contributed by atoms with Gasteiger partial charge in [0.1, 0.15) is 11.6 Å². The molecule has 0 aromatic rings. The second kappa shape index (κ2) is 5.49. The lowest BCUT2D eigenvalue weighted by Crippen LogP contribution is -2.70. The van der Waals surface area contributed by atoms with Crippen molar-refractivity contribution in [1.82, 2.24) is 10.2 Å². The molecule has 2 saturated heterocycles. The van der Waals surface area contributed by atoms with E-state index >= 15 is 0 Å². The van der Waals surface area contributed by atoms with Crippen LogP contribution < -0.4 is 5.32 Å². The number of carbonyl (C=O) groups is 2. The van der Waals surface area contributed by atoms with E-state index in [1.807, 2.05) is 20.8 Å². The number of nitrogens with one attached hydrogen (secondary N) is 1. The zero-order valence-electron chi connectivity index (χ0n) is 12.1. The minimum absolute atomic E-state index is 0.0296. The third-order valence-electron chi connectivity index (χ3n) is 4.46. The first-order valence-corrected chi connectivity index (χ1v) is 7.27. The highest BCUT2D eigenvalue weighted by Crippen LogP contribution is 2.28. The lowest BCUT2D eigenvalue weighted by atomic mass is 9.89. The van der Waals surface area contributed by atoms with E-state index in [4.69, 9.17) is 4.74 Å². The van der Waals surface area contributed by atoms with Crippen LogP contribution in [0.15, 0.2) is 0 Å². The molecule has 0 bridgehead atoms. The molecule has 0 aromatic carbocycles. The first kappa shape index (κ1) is 14.3. The van der Waals surface area contributed by atoms with Crippen molar-refractivity contribution in [3.63, 3.8) is 0 Å². The Morgan fingerprint density at radius 2 is 2.16 bits per heavy atom. The van der Waals surface area contributed by atoms with Gasteiger partial charge < -0.3 is 15.0 Å². The van der Waals surface area contributed by atoms with E-state index in [2.05, 4.69) is 5.32 Å². The predicted octanol–water partition coefficient (Wildman–Crippen LogP) is 1.07. The lowest BCUT2D eigenvalue weighted by Gasteiger charge is -2.46. The molecule has 5 heteroatoms. The third kappa shape index (κ3) is 2.48. The van der Waals surface area contributed by atoms with Crippen LogP contribution in [0.3, 0.4) is 0 Å². The molecule has 2 rings (SSSR count). The summed E-state index contributed by atoms with van der Waals surface area (Å²) in [6.07, 6.45) is 3.35. The van der Waals surface area contributed by atoms with Crippen LogP contribution in [0.4, 0.5) is 0 Å². The summed E-state index contributed by atoms with van der Waals surface area (Å²) >= 11 is 0. The average molecular weight is 268 g/mol. The Bertz CT molecular complexity index is 366. The van der Waals surface area contributed by atoms with Gasteiger partial charge in [-0.2, -0.15) is 0 Å². The summed E-state index contributed by atoms with van der Waals surface area (Å²) in [6.45, 7) is 7.01. The van der Waals surface area contributed by atoms with Gasteiger partial charge in [0.05, 0.1) is 6.10 Å². The normalized spacial score (nSPS) is 35.6. The molecule has 0 aliphatic carbocycles. The van der Waals surface area contributed by atoms with E-state index < -0.39 is 5.54 Å². The summed E-state index contributed by atoms with van der Waals surface area (Å²) in [4.78, 5) is 26.6. The highest BCUT2D eigenvalue weighted by Gasteiger charge is 2.48. The van der Waals surface area contributed by atoms with E-state index in [9.17, 15) is 9.59 Å². The molecular formula is C14H24N2O3. The van der Waals surface area contributed by atoms with Gasteiger partial charge in [0, 0.05) is 13.2 Å². The number of nitrogens with zero attached hydrogens (tertiary/aromatic N) is 1. The van der Waals surface area contributed by atoms with Gasteiger partial charge in [-0.15, -0.1) is 0 Å². The van der Waals surface area contributed by atoms with E-state index in [0.717, 1.165) is 19.4 Å². The molecule has 2 aliphatic rings. The fraction of sp³-hybridized carbons (Fsp3) is 0.857. The molecule has 19 heavy (non-hydrogen) atoms. The summed E-state index contributed by atoms with van der Waals surface area (Å²) < 4.78 is 5.62. The molecule has 0 aromatic heterocycles. The summed E-state index contributed by atoms with van der Waals surface area (Å²) in [7, 11) is 0. The lowest BCUT2D eigenvalue weighted by molar-refractivity contribution is -0.158. The number of hydrogen-bond acceptors (Lipinski definition) is 3. The summed E-state index contributed by atoms with van der Waals surface area (Å²) in [5, 5.41) is 2.84. The monoisotopic (exact) mass is 268 g/mol. The Morgan fingerprint density at radius 1 is 1.42 bits per heavy atom. The molecule has 2 amide bonds. The SMILES string of the molecule is CCC1NC(=O)C(C)(CC)N(CC2CCCO2)C1=O. The van der Waals surface area contributed by atoms with Gasteiger partial charge in [-0.05, 0) is 32.6 Å². The minimum Gasteiger partial charge on any atom is -0.376 e. The highest BCUT2D eigenvalue weighted by molar-refractivity contribution is 5.99. The van der Waals surface area contributed by atoms with Gasteiger partial charge in [0.15, 0.2) is 0 Å². The van der Waals surface area contributed by atoms with E-state index in [-0.39, 0.29) is 24.0 Å². The van der Waals surface area contributed by atoms with Crippen LogP contribution in [0.2, 0.25) is 0 Å². The van der Waals surface area contributed by atoms with Gasteiger partial charge in [-0.25, -0.2) is 0 Å². The number of carbonyl (C=O) groups excluding carboxylic acids is 2. The maximum absolute atomic E-state index is 12.5. The number of rotatable bonds is 4. The van der Waals surface area contributed by atoms with Gasteiger partial charge in [-0.1, -0.05) is 13.8 Å². The molecule has 5 nitrogen and oxygen atoms in total. The van der Waals surface area contributed by atoms with E-state index in [1.54, 1.807) is 4.90 Å². The Labute approximate surface area is 114 Å². The summed E-state index contributed by atoms with van der Waals surface area (Å²) in [6, 6.07) is -0.381. The highest BCUT2D eigenvalue weighted by atomic mass is 16.5. The number of hydrogen-bond donors (Lipinski definition) is 1. The van der Waals surface area contributed by atoms with Crippen LogP contribution >= 0.6 is 0 Å². The van der Waals surface area contributed by atoms with Crippen LogP contribution in [0, 0.1) is 0 Å². The topological polar surface area (TPSA) is 58.6 Å². The van der Waals surface area contributed by atoms with Crippen molar-refractivity contribution >= 4 is 11.8 Å². The van der Waals surface area contributed by atoms with Gasteiger partial charge in [-0.3, -0.25) is 9.59 Å².